The molecule has 0 spiro atoms. The van der Waals surface area contributed by atoms with E-state index in [0.29, 0.717) is 19.2 Å². The van der Waals surface area contributed by atoms with E-state index in [-0.39, 0.29) is 18.0 Å². The van der Waals surface area contributed by atoms with Crippen molar-refractivity contribution in [2.24, 2.45) is 0 Å². The maximum absolute atomic E-state index is 12.9. The van der Waals surface area contributed by atoms with E-state index in [1.54, 1.807) is 0 Å². The van der Waals surface area contributed by atoms with Gasteiger partial charge in [0.25, 0.3) is 0 Å². The number of benzene rings is 2. The highest BCUT2D eigenvalue weighted by Gasteiger charge is 2.34. The third-order valence-corrected chi connectivity index (χ3v) is 6.69. The molecule has 1 fully saturated rings. The SMILES string of the molecule is Cc1cccc(C)c1N1CCN(S(=O)(=O)c2cccc(C(F)(F)F)c2)CC1. The topological polar surface area (TPSA) is 40.6 Å². The number of aryl methyl sites for hydroxylation is 2. The summed E-state index contributed by atoms with van der Waals surface area (Å²) < 4.78 is 65.5. The van der Waals surface area contributed by atoms with Crippen LogP contribution in [0.1, 0.15) is 16.7 Å². The Hall–Kier alpha value is -2.06. The lowest BCUT2D eigenvalue weighted by atomic mass is 10.1. The molecule has 1 aliphatic rings. The number of sulfonamides is 1. The Morgan fingerprint density at radius 1 is 0.889 bits per heavy atom. The summed E-state index contributed by atoms with van der Waals surface area (Å²) in [6.45, 7) is 5.45. The van der Waals surface area contributed by atoms with Crippen molar-refractivity contribution in [2.45, 2.75) is 24.9 Å². The van der Waals surface area contributed by atoms with Crippen LogP contribution in [0.2, 0.25) is 0 Å². The van der Waals surface area contributed by atoms with Crippen LogP contribution in [0.3, 0.4) is 0 Å². The fraction of sp³-hybridized carbons (Fsp3) is 0.368. The molecule has 0 radical (unpaired) electrons. The Labute approximate surface area is 157 Å². The van der Waals surface area contributed by atoms with Crippen LogP contribution < -0.4 is 4.90 Å². The number of nitrogens with zero attached hydrogens (tertiary/aromatic N) is 2. The van der Waals surface area contributed by atoms with Crippen LogP contribution in [-0.4, -0.2) is 38.9 Å². The van der Waals surface area contributed by atoms with Gasteiger partial charge in [0.15, 0.2) is 0 Å². The van der Waals surface area contributed by atoms with E-state index in [9.17, 15) is 21.6 Å². The zero-order valence-electron chi connectivity index (χ0n) is 15.1. The smallest absolute Gasteiger partial charge is 0.368 e. The highest BCUT2D eigenvalue weighted by molar-refractivity contribution is 7.89. The van der Waals surface area contributed by atoms with Gasteiger partial charge in [0.2, 0.25) is 10.0 Å². The molecule has 4 nitrogen and oxygen atoms in total. The monoisotopic (exact) mass is 398 g/mol. The molecule has 0 unspecified atom stereocenters. The van der Waals surface area contributed by atoms with Gasteiger partial charge in [-0.05, 0) is 43.2 Å². The minimum Gasteiger partial charge on any atom is -0.368 e. The Morgan fingerprint density at radius 3 is 2.00 bits per heavy atom. The summed E-state index contributed by atoms with van der Waals surface area (Å²) in [5, 5.41) is 0. The molecule has 0 aliphatic carbocycles. The first-order valence-corrected chi connectivity index (χ1v) is 10.0. The number of piperazine rings is 1. The minimum absolute atomic E-state index is 0.229. The fourth-order valence-corrected chi connectivity index (χ4v) is 4.91. The van der Waals surface area contributed by atoms with E-state index in [1.807, 2.05) is 32.0 Å². The molecule has 3 rings (SSSR count). The van der Waals surface area contributed by atoms with Gasteiger partial charge in [-0.3, -0.25) is 0 Å². The molecule has 146 valence electrons. The second-order valence-electron chi connectivity index (χ2n) is 6.66. The summed E-state index contributed by atoms with van der Waals surface area (Å²) in [5.74, 6) is 0. The number of hydrogen-bond acceptors (Lipinski definition) is 3. The van der Waals surface area contributed by atoms with Gasteiger partial charge in [0.05, 0.1) is 10.5 Å². The van der Waals surface area contributed by atoms with Crippen LogP contribution in [0, 0.1) is 13.8 Å². The highest BCUT2D eigenvalue weighted by atomic mass is 32.2. The lowest BCUT2D eigenvalue weighted by Gasteiger charge is -2.37. The maximum Gasteiger partial charge on any atom is 0.416 e. The van der Waals surface area contributed by atoms with Gasteiger partial charge in [0.1, 0.15) is 0 Å². The zero-order chi connectivity index (χ0) is 19.8. The van der Waals surface area contributed by atoms with Gasteiger partial charge in [-0.15, -0.1) is 0 Å². The number of rotatable bonds is 3. The van der Waals surface area contributed by atoms with E-state index in [4.69, 9.17) is 0 Å². The molecule has 2 aromatic carbocycles. The Balaban J connectivity index is 1.79. The third kappa shape index (κ3) is 3.96. The Bertz CT molecular complexity index is 914. The summed E-state index contributed by atoms with van der Waals surface area (Å²) in [7, 11) is -3.96. The van der Waals surface area contributed by atoms with E-state index < -0.39 is 21.8 Å². The fourth-order valence-electron chi connectivity index (χ4n) is 3.44. The van der Waals surface area contributed by atoms with E-state index >= 15 is 0 Å². The van der Waals surface area contributed by atoms with E-state index in [1.165, 1.54) is 10.4 Å². The summed E-state index contributed by atoms with van der Waals surface area (Å²) >= 11 is 0. The first-order chi connectivity index (χ1) is 12.6. The van der Waals surface area contributed by atoms with E-state index in [2.05, 4.69) is 4.90 Å². The maximum atomic E-state index is 12.9. The minimum atomic E-state index is -4.58. The Kier molecular flexibility index (Phi) is 5.22. The lowest BCUT2D eigenvalue weighted by molar-refractivity contribution is -0.137. The first kappa shape index (κ1) is 19.7. The molecule has 0 N–H and O–H groups in total. The standard InChI is InChI=1S/C19H21F3N2O2S/c1-14-5-3-6-15(2)18(14)23-9-11-24(12-10-23)27(25,26)17-8-4-7-16(13-17)19(20,21)22/h3-8,13H,9-12H2,1-2H3. The van der Waals surface area contributed by atoms with E-state index in [0.717, 1.165) is 28.9 Å². The van der Waals surface area contributed by atoms with Crippen molar-refractivity contribution < 1.29 is 21.6 Å². The molecular formula is C19H21F3N2O2S. The number of alkyl halides is 3. The van der Waals surface area contributed by atoms with Crippen molar-refractivity contribution in [1.29, 1.82) is 0 Å². The van der Waals surface area contributed by atoms with Crippen molar-refractivity contribution in [1.82, 2.24) is 4.31 Å². The van der Waals surface area contributed by atoms with Gasteiger partial charge < -0.3 is 4.90 Å². The number of hydrogen-bond donors (Lipinski definition) is 0. The van der Waals surface area contributed by atoms with Crippen molar-refractivity contribution in [3.05, 3.63) is 59.2 Å². The molecule has 1 aliphatic heterocycles. The second kappa shape index (κ2) is 7.16. The van der Waals surface area contributed by atoms with Crippen LogP contribution in [0.5, 0.6) is 0 Å². The average Bonchev–Trinajstić information content (AvgIpc) is 2.61. The van der Waals surface area contributed by atoms with Crippen LogP contribution in [0.4, 0.5) is 18.9 Å². The number of halogens is 3. The van der Waals surface area contributed by atoms with Crippen molar-refractivity contribution >= 4 is 15.7 Å². The molecule has 1 heterocycles. The predicted octanol–water partition coefficient (Wildman–Crippen LogP) is 3.83. The zero-order valence-corrected chi connectivity index (χ0v) is 15.9. The van der Waals surface area contributed by atoms with Gasteiger partial charge >= 0.3 is 6.18 Å². The van der Waals surface area contributed by atoms with Gasteiger partial charge in [-0.1, -0.05) is 24.3 Å². The van der Waals surface area contributed by atoms with Crippen LogP contribution in [-0.2, 0) is 16.2 Å². The molecule has 2 aromatic rings. The summed E-state index contributed by atoms with van der Waals surface area (Å²) in [6.07, 6.45) is -4.58. The van der Waals surface area contributed by atoms with Gasteiger partial charge in [0, 0.05) is 31.9 Å². The number of para-hydroxylation sites is 1. The van der Waals surface area contributed by atoms with Gasteiger partial charge in [-0.2, -0.15) is 17.5 Å². The van der Waals surface area contributed by atoms with Crippen LogP contribution in [0.15, 0.2) is 47.4 Å². The molecule has 8 heteroatoms. The quantitative estimate of drug-likeness (QED) is 0.789. The normalized spacial score (nSPS) is 16.6. The molecule has 27 heavy (non-hydrogen) atoms. The highest BCUT2D eigenvalue weighted by Crippen LogP contribution is 2.32. The largest absolute Gasteiger partial charge is 0.416 e. The van der Waals surface area contributed by atoms with Crippen molar-refractivity contribution in [2.75, 3.05) is 31.1 Å². The molecule has 0 atom stereocenters. The lowest BCUT2D eigenvalue weighted by Crippen LogP contribution is -2.49. The average molecular weight is 398 g/mol. The number of anilines is 1. The molecule has 0 bridgehead atoms. The predicted molar refractivity (Wildman–Crippen MR) is 98.3 cm³/mol. The molecular weight excluding hydrogens is 377 g/mol. The molecule has 0 saturated carbocycles. The first-order valence-electron chi connectivity index (χ1n) is 8.59. The van der Waals surface area contributed by atoms with Crippen molar-refractivity contribution in [3.8, 4) is 0 Å². The van der Waals surface area contributed by atoms with Gasteiger partial charge in [-0.25, -0.2) is 8.42 Å². The molecule has 1 saturated heterocycles. The Morgan fingerprint density at radius 2 is 1.44 bits per heavy atom. The van der Waals surface area contributed by atoms with Crippen molar-refractivity contribution in [3.63, 3.8) is 0 Å². The molecule has 0 aromatic heterocycles. The van der Waals surface area contributed by atoms with Crippen LogP contribution in [0.25, 0.3) is 0 Å². The van der Waals surface area contributed by atoms with Crippen LogP contribution >= 0.6 is 0 Å². The summed E-state index contributed by atoms with van der Waals surface area (Å²) in [6, 6.07) is 9.90. The summed E-state index contributed by atoms with van der Waals surface area (Å²) in [5.41, 5.74) is 2.36. The third-order valence-electron chi connectivity index (χ3n) is 4.79. The molecule has 0 amide bonds. The summed E-state index contributed by atoms with van der Waals surface area (Å²) in [4.78, 5) is 1.81. The second-order valence-corrected chi connectivity index (χ2v) is 8.60.